The Morgan fingerprint density at radius 2 is 1.46 bits per heavy atom. The van der Waals surface area contributed by atoms with Crippen LogP contribution in [0.3, 0.4) is 0 Å². The van der Waals surface area contributed by atoms with E-state index in [1.165, 1.54) is 48.4 Å². The molecule has 5 aliphatic carbocycles. The summed E-state index contributed by atoms with van der Waals surface area (Å²) in [4.78, 5) is 30.4. The van der Waals surface area contributed by atoms with Crippen LogP contribution in [0.25, 0.3) is 0 Å². The lowest BCUT2D eigenvalue weighted by Gasteiger charge is -2.57. The molecule has 1 atom stereocenters. The molecule has 3 aromatic carbocycles. The first-order valence-electron chi connectivity index (χ1n) is 18.5. The first kappa shape index (κ1) is 35.2. The van der Waals surface area contributed by atoms with E-state index < -0.39 is 28.5 Å². The van der Waals surface area contributed by atoms with Crippen LogP contribution in [0.1, 0.15) is 87.3 Å². The van der Waals surface area contributed by atoms with Crippen LogP contribution in [-0.2, 0) is 38.0 Å². The molecule has 266 valence electrons. The highest BCUT2D eigenvalue weighted by Gasteiger charge is 2.51. The van der Waals surface area contributed by atoms with E-state index in [1.54, 1.807) is 4.90 Å². The van der Waals surface area contributed by atoms with Crippen LogP contribution in [0.5, 0.6) is 0 Å². The van der Waals surface area contributed by atoms with Gasteiger partial charge in [-0.2, -0.15) is 0 Å². The van der Waals surface area contributed by atoms with E-state index >= 15 is 0 Å². The summed E-state index contributed by atoms with van der Waals surface area (Å²) in [7, 11) is -3.83. The highest BCUT2D eigenvalue weighted by molar-refractivity contribution is 9.10. The smallest absolute Gasteiger partial charge is 0.244 e. The number of carbonyl (C=O) groups is 2. The maximum atomic E-state index is 14.6. The van der Waals surface area contributed by atoms with Crippen LogP contribution < -0.4 is 9.62 Å². The zero-order valence-electron chi connectivity index (χ0n) is 29.1. The fourth-order valence-corrected chi connectivity index (χ4v) is 11.3. The van der Waals surface area contributed by atoms with E-state index in [9.17, 15) is 18.0 Å². The van der Waals surface area contributed by atoms with E-state index in [1.807, 2.05) is 66.7 Å². The molecule has 7 nitrogen and oxygen atoms in total. The quantitative estimate of drug-likeness (QED) is 0.205. The zero-order valence-corrected chi connectivity index (χ0v) is 31.5. The minimum Gasteiger partial charge on any atom is -0.352 e. The average Bonchev–Trinajstić information content (AvgIpc) is 3.08. The Bertz CT molecular complexity index is 1740. The second kappa shape index (κ2) is 14.8. The van der Waals surface area contributed by atoms with E-state index in [4.69, 9.17) is 0 Å². The van der Waals surface area contributed by atoms with Gasteiger partial charge in [-0.05, 0) is 115 Å². The molecule has 1 N–H and O–H groups in total. The molecule has 0 spiro atoms. The van der Waals surface area contributed by atoms with Crippen molar-refractivity contribution in [2.45, 2.75) is 101 Å². The van der Waals surface area contributed by atoms with Crippen molar-refractivity contribution in [3.8, 4) is 0 Å². The van der Waals surface area contributed by atoms with Gasteiger partial charge in [0, 0.05) is 23.5 Å². The molecule has 50 heavy (non-hydrogen) atoms. The number of nitrogens with one attached hydrogen (secondary N) is 1. The van der Waals surface area contributed by atoms with Gasteiger partial charge in [-0.15, -0.1) is 0 Å². The van der Waals surface area contributed by atoms with Crippen LogP contribution in [-0.4, -0.2) is 50.0 Å². The third-order valence-corrected chi connectivity index (χ3v) is 13.6. The minimum absolute atomic E-state index is 0.0670. The van der Waals surface area contributed by atoms with E-state index in [-0.39, 0.29) is 23.9 Å². The second-order valence-corrected chi connectivity index (χ2v) is 18.5. The number of halogens is 1. The summed E-state index contributed by atoms with van der Waals surface area (Å²) in [6.07, 6.45) is 14.4. The number of hydrogen-bond donors (Lipinski definition) is 1. The summed E-state index contributed by atoms with van der Waals surface area (Å²) in [5.74, 6) is 1.81. The Hall–Kier alpha value is -3.17. The second-order valence-electron chi connectivity index (χ2n) is 15.7. The molecule has 1 unspecified atom stereocenters. The van der Waals surface area contributed by atoms with Crippen LogP contribution in [0.2, 0.25) is 0 Å². The normalized spacial score (nSPS) is 25.2. The molecule has 2 amide bonds. The lowest BCUT2D eigenvalue weighted by molar-refractivity contribution is -0.140. The van der Waals surface area contributed by atoms with Gasteiger partial charge in [-0.1, -0.05) is 89.8 Å². The van der Waals surface area contributed by atoms with Crippen molar-refractivity contribution in [3.63, 3.8) is 0 Å². The molecule has 9 heteroatoms. The van der Waals surface area contributed by atoms with Crippen LogP contribution >= 0.6 is 15.9 Å². The lowest BCUT2D eigenvalue weighted by Crippen LogP contribution is -2.55. The summed E-state index contributed by atoms with van der Waals surface area (Å²) in [6.45, 7) is -0.234. The maximum Gasteiger partial charge on any atom is 0.244 e. The predicted molar refractivity (Wildman–Crippen MR) is 202 cm³/mol. The minimum atomic E-state index is -3.83. The highest BCUT2D eigenvalue weighted by Crippen LogP contribution is 2.60. The van der Waals surface area contributed by atoms with Gasteiger partial charge in [0.1, 0.15) is 12.6 Å². The molecule has 5 fully saturated rings. The monoisotopic (exact) mass is 759 g/mol. The molecule has 4 bridgehead atoms. The van der Waals surface area contributed by atoms with Gasteiger partial charge in [0.15, 0.2) is 0 Å². The topological polar surface area (TPSA) is 86.8 Å². The van der Waals surface area contributed by atoms with Crippen molar-refractivity contribution in [1.82, 2.24) is 10.2 Å². The number of anilines is 1. The summed E-state index contributed by atoms with van der Waals surface area (Å²) in [5, 5.41) is 3.27. The van der Waals surface area contributed by atoms with Gasteiger partial charge in [-0.3, -0.25) is 13.9 Å². The number of sulfonamides is 1. The molecule has 8 rings (SSSR count). The maximum absolute atomic E-state index is 14.6. The third kappa shape index (κ3) is 7.99. The van der Waals surface area contributed by atoms with Gasteiger partial charge in [0.05, 0.1) is 11.9 Å². The molecule has 0 radical (unpaired) electrons. The highest BCUT2D eigenvalue weighted by atomic mass is 79.9. The van der Waals surface area contributed by atoms with Crippen molar-refractivity contribution >= 4 is 43.5 Å². The largest absolute Gasteiger partial charge is 0.352 e. The zero-order chi connectivity index (χ0) is 34.9. The summed E-state index contributed by atoms with van der Waals surface area (Å²) < 4.78 is 28.9. The summed E-state index contributed by atoms with van der Waals surface area (Å²) in [5.41, 5.74) is 3.75. The number of amides is 2. The number of hydrogen-bond acceptors (Lipinski definition) is 4. The van der Waals surface area contributed by atoms with Gasteiger partial charge >= 0.3 is 0 Å². The Morgan fingerprint density at radius 3 is 2.06 bits per heavy atom. The average molecular weight is 761 g/mol. The molecule has 5 saturated carbocycles. The lowest BCUT2D eigenvalue weighted by atomic mass is 9.48. The summed E-state index contributed by atoms with van der Waals surface area (Å²) in [6, 6.07) is 24.7. The van der Waals surface area contributed by atoms with Crippen LogP contribution in [0.15, 0.2) is 83.3 Å². The Kier molecular flexibility index (Phi) is 10.4. The van der Waals surface area contributed by atoms with Crippen molar-refractivity contribution in [1.29, 1.82) is 0 Å². The van der Waals surface area contributed by atoms with Crippen LogP contribution in [0.4, 0.5) is 5.69 Å². The van der Waals surface area contributed by atoms with Gasteiger partial charge in [0.2, 0.25) is 21.8 Å². The van der Waals surface area contributed by atoms with Crippen molar-refractivity contribution in [3.05, 3.63) is 100 Å². The van der Waals surface area contributed by atoms with Gasteiger partial charge in [-0.25, -0.2) is 8.42 Å². The first-order chi connectivity index (χ1) is 24.0. The SMILES string of the molecule is CS(=O)(=O)N(CC(=O)N(Cc1cccc(Br)c1)C(Cc1ccccc1)C(=O)NC1CCCCC1)c1ccc(C23CC4CC(CC(C4)C2)C3)cc1. The molecule has 5 aliphatic rings. The molecular weight excluding hydrogens is 710 g/mol. The van der Waals surface area contributed by atoms with E-state index in [2.05, 4.69) is 33.4 Å². The van der Waals surface area contributed by atoms with Crippen LogP contribution in [0, 0.1) is 17.8 Å². The molecule has 0 aliphatic heterocycles. The van der Waals surface area contributed by atoms with Gasteiger partial charge < -0.3 is 10.2 Å². The van der Waals surface area contributed by atoms with E-state index in [0.717, 1.165) is 71.7 Å². The fourth-order valence-electron chi connectivity index (χ4n) is 9.99. The number of nitrogens with zero attached hydrogens (tertiary/aromatic N) is 2. The number of benzene rings is 3. The fraction of sp³-hybridized carbons (Fsp3) is 0.512. The Balaban J connectivity index is 1.18. The standard InChI is InChI=1S/C41H50BrN3O4S/c1-50(48,49)45(37-17-15-34(16-18-37)41-24-31-19-32(25-41)21-33(20-31)26-41)28-39(46)44(27-30-11-8-12-35(42)22-30)38(23-29-9-4-2-5-10-29)40(47)43-36-13-6-3-7-14-36/h2,4-5,8-12,15-18,22,31-33,36,38H,3,6-7,13-14,19-21,23-28H2,1H3,(H,43,47). The van der Waals surface area contributed by atoms with Crippen molar-refractivity contribution in [2.75, 3.05) is 17.1 Å². The molecule has 0 saturated heterocycles. The van der Waals surface area contributed by atoms with Crippen molar-refractivity contribution < 1.29 is 18.0 Å². The third-order valence-electron chi connectivity index (χ3n) is 11.9. The molecule has 0 heterocycles. The number of rotatable bonds is 12. The Morgan fingerprint density at radius 1 is 0.840 bits per heavy atom. The van der Waals surface area contributed by atoms with Gasteiger partial charge in [0.25, 0.3) is 0 Å². The molecule has 0 aromatic heterocycles. The Labute approximate surface area is 306 Å². The number of carbonyl (C=O) groups excluding carboxylic acids is 2. The molecule has 3 aromatic rings. The predicted octanol–water partition coefficient (Wildman–Crippen LogP) is 7.77. The molecular formula is C41H50BrN3O4S. The van der Waals surface area contributed by atoms with E-state index in [0.29, 0.717) is 12.1 Å². The van der Waals surface area contributed by atoms with Crippen molar-refractivity contribution in [2.24, 2.45) is 17.8 Å². The first-order valence-corrected chi connectivity index (χ1v) is 21.2. The summed E-state index contributed by atoms with van der Waals surface area (Å²) >= 11 is 3.56.